The Morgan fingerprint density at radius 3 is 1.24 bits per heavy atom. The van der Waals surface area contributed by atoms with Gasteiger partial charge in [0.2, 0.25) is 0 Å². The van der Waals surface area contributed by atoms with E-state index < -0.39 is 11.9 Å². The molecule has 0 spiro atoms. The van der Waals surface area contributed by atoms with E-state index in [9.17, 15) is 9.59 Å². The molecule has 0 aliphatic heterocycles. The highest BCUT2D eigenvalue weighted by atomic mass is 16.5. The molecule has 6 heteroatoms. The molecule has 0 saturated heterocycles. The molecule has 0 aromatic heterocycles. The molecule has 6 nitrogen and oxygen atoms in total. The second kappa shape index (κ2) is 12.9. The molecule has 0 aliphatic rings. The van der Waals surface area contributed by atoms with Crippen molar-refractivity contribution >= 4 is 11.9 Å². The average molecular weight is 511 g/mol. The Labute approximate surface area is 223 Å². The quantitative estimate of drug-likeness (QED) is 0.120. The summed E-state index contributed by atoms with van der Waals surface area (Å²) < 4.78 is 22.6. The van der Waals surface area contributed by atoms with Crippen molar-refractivity contribution < 1.29 is 28.5 Å². The number of hydrogen-bond donors (Lipinski definition) is 0. The summed E-state index contributed by atoms with van der Waals surface area (Å²) in [5.41, 5.74) is 5.20. The third-order valence-electron chi connectivity index (χ3n) is 5.03. The number of carbonyl (C=O) groups excluding carboxylic acids is 2. The summed E-state index contributed by atoms with van der Waals surface area (Å²) >= 11 is 0. The number of carbonyl (C=O) groups is 2. The maximum atomic E-state index is 11.6. The van der Waals surface area contributed by atoms with Gasteiger partial charge in [-0.1, -0.05) is 37.4 Å². The minimum absolute atomic E-state index is 0.403. The molecule has 0 radical (unpaired) electrons. The molecular formula is C32H30O6. The molecule has 0 amide bonds. The molecule has 0 fully saturated rings. The van der Waals surface area contributed by atoms with E-state index >= 15 is 0 Å². The van der Waals surface area contributed by atoms with Crippen LogP contribution in [0.15, 0.2) is 110 Å². The molecule has 0 unspecified atom stereocenters. The van der Waals surface area contributed by atoms with Crippen molar-refractivity contribution in [3.63, 3.8) is 0 Å². The molecule has 0 aliphatic carbocycles. The van der Waals surface area contributed by atoms with Gasteiger partial charge < -0.3 is 18.9 Å². The summed E-state index contributed by atoms with van der Waals surface area (Å²) in [5, 5.41) is 0. The third kappa shape index (κ3) is 7.58. The first-order valence-corrected chi connectivity index (χ1v) is 11.9. The van der Waals surface area contributed by atoms with Crippen molar-refractivity contribution in [1.29, 1.82) is 0 Å². The molecule has 3 rings (SSSR count). The SMILES string of the molecule is C=CC(=O)Oc1ccc(-c2cc(OC=C(C)C)c(-c3ccc(OC(=O)C=C)cc3)cc2OC=C(C)C)cc1. The monoisotopic (exact) mass is 510 g/mol. The lowest BCUT2D eigenvalue weighted by atomic mass is 9.97. The smallest absolute Gasteiger partial charge is 0.335 e. The summed E-state index contributed by atoms with van der Waals surface area (Å²) in [4.78, 5) is 23.1. The number of hydrogen-bond acceptors (Lipinski definition) is 6. The fourth-order valence-corrected chi connectivity index (χ4v) is 3.29. The van der Waals surface area contributed by atoms with Gasteiger partial charge in [-0.2, -0.15) is 0 Å². The Balaban J connectivity index is 2.13. The molecule has 0 heterocycles. The normalized spacial score (nSPS) is 10.0. The zero-order valence-electron chi connectivity index (χ0n) is 21.9. The topological polar surface area (TPSA) is 71.1 Å². The predicted molar refractivity (Wildman–Crippen MR) is 149 cm³/mol. The van der Waals surface area contributed by atoms with Gasteiger partial charge in [0.15, 0.2) is 0 Å². The van der Waals surface area contributed by atoms with Crippen LogP contribution in [0.3, 0.4) is 0 Å². The summed E-state index contributed by atoms with van der Waals surface area (Å²) in [7, 11) is 0. The molecule has 38 heavy (non-hydrogen) atoms. The van der Waals surface area contributed by atoms with Crippen LogP contribution >= 0.6 is 0 Å². The van der Waals surface area contributed by atoms with Crippen LogP contribution in [-0.4, -0.2) is 11.9 Å². The number of allylic oxidation sites excluding steroid dienone is 2. The first-order valence-electron chi connectivity index (χ1n) is 11.9. The van der Waals surface area contributed by atoms with Crippen LogP contribution in [0.2, 0.25) is 0 Å². The molecule has 0 saturated carbocycles. The maximum absolute atomic E-state index is 11.6. The Kier molecular flexibility index (Phi) is 9.43. The first kappa shape index (κ1) is 27.7. The molecule has 0 bridgehead atoms. The van der Waals surface area contributed by atoms with Crippen molar-refractivity contribution in [3.8, 4) is 45.3 Å². The van der Waals surface area contributed by atoms with Crippen LogP contribution in [0.5, 0.6) is 23.0 Å². The van der Waals surface area contributed by atoms with Gasteiger partial charge in [0.25, 0.3) is 0 Å². The highest BCUT2D eigenvalue weighted by molar-refractivity contribution is 5.85. The van der Waals surface area contributed by atoms with Gasteiger partial charge in [-0.3, -0.25) is 0 Å². The molecule has 194 valence electrons. The van der Waals surface area contributed by atoms with Crippen molar-refractivity contribution in [2.75, 3.05) is 0 Å². The fraction of sp³-hybridized carbons (Fsp3) is 0.125. The molecule has 0 N–H and O–H groups in total. The third-order valence-corrected chi connectivity index (χ3v) is 5.03. The molecular weight excluding hydrogens is 480 g/mol. The zero-order valence-corrected chi connectivity index (χ0v) is 21.9. The first-order chi connectivity index (χ1) is 18.2. The second-order valence-electron chi connectivity index (χ2n) is 8.77. The largest absolute Gasteiger partial charge is 0.464 e. The van der Waals surface area contributed by atoms with E-state index in [0.29, 0.717) is 23.0 Å². The van der Waals surface area contributed by atoms with Gasteiger partial charge in [-0.25, -0.2) is 9.59 Å². The van der Waals surface area contributed by atoms with Gasteiger partial charge in [0, 0.05) is 23.3 Å². The van der Waals surface area contributed by atoms with Crippen molar-refractivity contribution in [1.82, 2.24) is 0 Å². The van der Waals surface area contributed by atoms with Gasteiger partial charge in [0.05, 0.1) is 12.5 Å². The predicted octanol–water partition coefficient (Wildman–Crippen LogP) is 7.81. The molecule has 3 aromatic carbocycles. The van der Waals surface area contributed by atoms with Crippen molar-refractivity contribution in [3.05, 3.63) is 110 Å². The summed E-state index contributed by atoms with van der Waals surface area (Å²) in [5.74, 6) is 0.947. The van der Waals surface area contributed by atoms with Gasteiger partial charge in [-0.05, 0) is 86.4 Å². The average Bonchev–Trinajstić information content (AvgIpc) is 2.91. The number of rotatable bonds is 10. The van der Waals surface area contributed by atoms with E-state index in [0.717, 1.165) is 45.6 Å². The number of ether oxygens (including phenoxy) is 4. The van der Waals surface area contributed by atoms with E-state index in [1.54, 1.807) is 36.8 Å². The standard InChI is InChI=1S/C32H30O6/c1-7-31(33)37-25-13-9-23(10-14-25)27-17-30(36-20-22(5)6)28(18-29(27)35-19-21(3)4)24-11-15-26(16-12-24)38-32(34)8-2/h7-20H,1-2H2,3-6H3. The van der Waals surface area contributed by atoms with Crippen LogP contribution < -0.4 is 18.9 Å². The minimum atomic E-state index is -0.530. The Hall–Kier alpha value is -4.84. The van der Waals surface area contributed by atoms with Crippen LogP contribution in [0.1, 0.15) is 27.7 Å². The van der Waals surface area contributed by atoms with Crippen molar-refractivity contribution in [2.24, 2.45) is 0 Å². The highest BCUT2D eigenvalue weighted by Crippen LogP contribution is 2.42. The van der Waals surface area contributed by atoms with Gasteiger partial charge in [-0.15, -0.1) is 0 Å². The summed E-state index contributed by atoms with van der Waals surface area (Å²) in [6.45, 7) is 14.6. The summed E-state index contributed by atoms with van der Waals surface area (Å²) in [6, 6.07) is 18.0. The minimum Gasteiger partial charge on any atom is -0.464 e. The second-order valence-corrected chi connectivity index (χ2v) is 8.77. The van der Waals surface area contributed by atoms with Crippen LogP contribution in [0.4, 0.5) is 0 Å². The fourth-order valence-electron chi connectivity index (χ4n) is 3.29. The lowest BCUT2D eigenvalue weighted by Crippen LogP contribution is -2.02. The van der Waals surface area contributed by atoms with Crippen LogP contribution in [0, 0.1) is 0 Å². The maximum Gasteiger partial charge on any atom is 0.335 e. The van der Waals surface area contributed by atoms with Crippen molar-refractivity contribution in [2.45, 2.75) is 27.7 Å². The highest BCUT2D eigenvalue weighted by Gasteiger charge is 2.16. The zero-order chi connectivity index (χ0) is 27.7. The number of benzene rings is 3. The van der Waals surface area contributed by atoms with E-state index in [4.69, 9.17) is 18.9 Å². The van der Waals surface area contributed by atoms with Gasteiger partial charge in [0.1, 0.15) is 23.0 Å². The summed E-state index contributed by atoms with van der Waals surface area (Å²) in [6.07, 6.45) is 5.58. The van der Waals surface area contributed by atoms with Crippen LogP contribution in [-0.2, 0) is 9.59 Å². The Bertz CT molecular complexity index is 1280. The van der Waals surface area contributed by atoms with Gasteiger partial charge >= 0.3 is 11.9 Å². The Morgan fingerprint density at radius 1 is 0.605 bits per heavy atom. The lowest BCUT2D eigenvalue weighted by molar-refractivity contribution is -0.129. The number of esters is 2. The Morgan fingerprint density at radius 2 is 0.947 bits per heavy atom. The molecule has 0 atom stereocenters. The lowest BCUT2D eigenvalue weighted by Gasteiger charge is -2.17. The van der Waals surface area contributed by atoms with E-state index in [2.05, 4.69) is 13.2 Å². The van der Waals surface area contributed by atoms with Crippen LogP contribution in [0.25, 0.3) is 22.3 Å². The van der Waals surface area contributed by atoms with E-state index in [1.165, 1.54) is 0 Å². The van der Waals surface area contributed by atoms with E-state index in [1.807, 2.05) is 64.1 Å². The molecule has 3 aromatic rings. The van der Waals surface area contributed by atoms with E-state index in [-0.39, 0.29) is 0 Å².